The van der Waals surface area contributed by atoms with Crippen molar-refractivity contribution in [2.24, 2.45) is 0 Å². The number of nitrogens with zero attached hydrogens (tertiary/aromatic N) is 3. The average Bonchev–Trinajstić information content (AvgIpc) is 2.60. The van der Waals surface area contributed by atoms with E-state index in [9.17, 15) is 37.8 Å². The van der Waals surface area contributed by atoms with Gasteiger partial charge in [0.2, 0.25) is 0 Å². The normalized spacial score (nSPS) is 11.5. The maximum atomic E-state index is 13.6. The van der Waals surface area contributed by atoms with Crippen molar-refractivity contribution in [2.75, 3.05) is 0 Å². The molecule has 0 amide bonds. The summed E-state index contributed by atoms with van der Waals surface area (Å²) in [5.74, 6) is -1.95. The molecule has 0 N–H and O–H groups in total. The highest BCUT2D eigenvalue weighted by atomic mass is 19.4. The minimum absolute atomic E-state index is 0.0269. The van der Waals surface area contributed by atoms with Gasteiger partial charge < -0.3 is 4.74 Å². The molecule has 29 heavy (non-hydrogen) atoms. The van der Waals surface area contributed by atoms with Gasteiger partial charge in [-0.1, -0.05) is 0 Å². The van der Waals surface area contributed by atoms with Crippen molar-refractivity contribution in [1.29, 1.82) is 0 Å². The lowest BCUT2D eigenvalue weighted by Gasteiger charge is -2.12. The van der Waals surface area contributed by atoms with Crippen LogP contribution in [0.1, 0.15) is 11.3 Å². The quantitative estimate of drug-likeness (QED) is 0.327. The first-order valence-corrected chi connectivity index (χ1v) is 7.76. The van der Waals surface area contributed by atoms with Crippen molar-refractivity contribution in [3.63, 3.8) is 0 Å². The van der Waals surface area contributed by atoms with E-state index in [2.05, 4.69) is 4.98 Å². The second kappa shape index (κ2) is 6.96. The Balaban J connectivity index is 2.29. The first-order valence-electron chi connectivity index (χ1n) is 7.76. The number of hydrogen-bond acceptors (Lipinski definition) is 6. The Morgan fingerprint density at radius 3 is 2.10 bits per heavy atom. The molecule has 0 atom stereocenters. The number of benzene rings is 2. The highest BCUT2D eigenvalue weighted by molar-refractivity contribution is 5.86. The smallest absolute Gasteiger partial charge is 0.416 e. The molecule has 0 radical (unpaired) electrons. The summed E-state index contributed by atoms with van der Waals surface area (Å²) in [4.78, 5) is 24.3. The standard InChI is InChI=1S/C17H9F4N3O5/c1-8-4-15(11-7-10(18)2-3-12(11)22-8)29-16-13(23(25)26)5-9(17(19,20)21)6-14(16)24(27)28/h2-7H,1H3. The third kappa shape index (κ3) is 3.90. The van der Waals surface area contributed by atoms with Crippen LogP contribution >= 0.6 is 0 Å². The van der Waals surface area contributed by atoms with Crippen molar-refractivity contribution in [3.05, 3.63) is 73.7 Å². The summed E-state index contributed by atoms with van der Waals surface area (Å²) in [6.07, 6.45) is -5.06. The van der Waals surface area contributed by atoms with Crippen molar-refractivity contribution >= 4 is 22.3 Å². The average molecular weight is 411 g/mol. The van der Waals surface area contributed by atoms with E-state index in [1.165, 1.54) is 19.1 Å². The van der Waals surface area contributed by atoms with Crippen LogP contribution in [0.5, 0.6) is 11.5 Å². The van der Waals surface area contributed by atoms with E-state index in [1.807, 2.05) is 0 Å². The molecule has 2 aromatic carbocycles. The predicted octanol–water partition coefficient (Wildman–Crippen LogP) is 5.31. The van der Waals surface area contributed by atoms with E-state index in [0.29, 0.717) is 5.69 Å². The van der Waals surface area contributed by atoms with Gasteiger partial charge in [-0.15, -0.1) is 0 Å². The molecule has 8 nitrogen and oxygen atoms in total. The lowest BCUT2D eigenvalue weighted by atomic mass is 10.1. The molecule has 3 aromatic rings. The van der Waals surface area contributed by atoms with Crippen LogP contribution < -0.4 is 4.74 Å². The van der Waals surface area contributed by atoms with Crippen molar-refractivity contribution < 1.29 is 32.1 Å². The van der Waals surface area contributed by atoms with E-state index in [1.54, 1.807) is 0 Å². The number of ether oxygens (including phenoxy) is 1. The first kappa shape index (κ1) is 19.9. The Hall–Kier alpha value is -3.83. The minimum Gasteiger partial charge on any atom is -0.443 e. The van der Waals surface area contributed by atoms with Gasteiger partial charge in [-0.3, -0.25) is 25.2 Å². The van der Waals surface area contributed by atoms with E-state index < -0.39 is 44.5 Å². The van der Waals surface area contributed by atoms with Crippen LogP contribution in [0.3, 0.4) is 0 Å². The molecule has 0 fully saturated rings. The summed E-state index contributed by atoms with van der Waals surface area (Å²) in [6.45, 7) is 1.52. The molecule has 0 aliphatic carbocycles. The number of rotatable bonds is 4. The Morgan fingerprint density at radius 1 is 1.00 bits per heavy atom. The number of pyridine rings is 1. The van der Waals surface area contributed by atoms with Crippen LogP contribution in [0.2, 0.25) is 0 Å². The molecule has 150 valence electrons. The fourth-order valence-electron chi connectivity index (χ4n) is 2.63. The molecule has 12 heteroatoms. The molecule has 0 spiro atoms. The third-order valence-electron chi connectivity index (χ3n) is 3.84. The number of aryl methyl sites for hydroxylation is 1. The van der Waals surface area contributed by atoms with Gasteiger partial charge in [0.25, 0.3) is 5.75 Å². The Kier molecular flexibility index (Phi) is 4.78. The van der Waals surface area contributed by atoms with E-state index in [-0.39, 0.29) is 28.8 Å². The van der Waals surface area contributed by atoms with Gasteiger partial charge >= 0.3 is 17.6 Å². The number of alkyl halides is 3. The largest absolute Gasteiger partial charge is 0.443 e. The Labute approximate surface area is 158 Å². The van der Waals surface area contributed by atoms with Gasteiger partial charge in [0, 0.05) is 29.3 Å². The zero-order valence-corrected chi connectivity index (χ0v) is 14.4. The monoisotopic (exact) mass is 411 g/mol. The van der Waals surface area contributed by atoms with Crippen LogP contribution in [0.15, 0.2) is 36.4 Å². The van der Waals surface area contributed by atoms with Crippen LogP contribution in [0, 0.1) is 33.0 Å². The van der Waals surface area contributed by atoms with Gasteiger partial charge in [0.1, 0.15) is 11.6 Å². The van der Waals surface area contributed by atoms with Crippen LogP contribution in [-0.2, 0) is 6.18 Å². The fourth-order valence-corrected chi connectivity index (χ4v) is 2.63. The molecule has 0 saturated carbocycles. The Bertz CT molecular complexity index is 1130. The molecule has 1 aromatic heterocycles. The lowest BCUT2D eigenvalue weighted by Crippen LogP contribution is -2.08. The highest BCUT2D eigenvalue weighted by Crippen LogP contribution is 2.45. The fraction of sp³-hybridized carbons (Fsp3) is 0.118. The second-order valence-electron chi connectivity index (χ2n) is 5.88. The molecular weight excluding hydrogens is 402 g/mol. The Morgan fingerprint density at radius 2 is 1.59 bits per heavy atom. The van der Waals surface area contributed by atoms with Crippen molar-refractivity contribution in [1.82, 2.24) is 4.98 Å². The van der Waals surface area contributed by atoms with Gasteiger partial charge in [-0.25, -0.2) is 4.39 Å². The van der Waals surface area contributed by atoms with Crippen LogP contribution in [0.4, 0.5) is 28.9 Å². The number of hydrogen-bond donors (Lipinski definition) is 0. The minimum atomic E-state index is -5.06. The topological polar surface area (TPSA) is 108 Å². The van der Waals surface area contributed by atoms with Gasteiger partial charge in [0.05, 0.1) is 20.9 Å². The van der Waals surface area contributed by atoms with Gasteiger partial charge in [-0.2, -0.15) is 13.2 Å². The van der Waals surface area contributed by atoms with E-state index in [4.69, 9.17) is 4.74 Å². The van der Waals surface area contributed by atoms with Gasteiger partial charge in [-0.05, 0) is 25.1 Å². The first-order chi connectivity index (χ1) is 13.5. The number of nitro groups is 2. The van der Waals surface area contributed by atoms with Crippen molar-refractivity contribution in [3.8, 4) is 11.5 Å². The van der Waals surface area contributed by atoms with Gasteiger partial charge in [0.15, 0.2) is 0 Å². The molecule has 0 unspecified atom stereocenters. The molecular formula is C17H9F4N3O5. The summed E-state index contributed by atoms with van der Waals surface area (Å²) in [5, 5.41) is 22.7. The molecule has 3 rings (SSSR count). The molecule has 0 saturated heterocycles. The lowest BCUT2D eigenvalue weighted by molar-refractivity contribution is -0.396. The third-order valence-corrected chi connectivity index (χ3v) is 3.84. The molecule has 1 heterocycles. The van der Waals surface area contributed by atoms with Crippen LogP contribution in [-0.4, -0.2) is 14.8 Å². The summed E-state index contributed by atoms with van der Waals surface area (Å²) in [7, 11) is 0. The number of nitro benzene ring substituents is 2. The van der Waals surface area contributed by atoms with E-state index in [0.717, 1.165) is 12.1 Å². The zero-order chi connectivity index (χ0) is 21.5. The predicted molar refractivity (Wildman–Crippen MR) is 91.3 cm³/mol. The number of aromatic nitrogens is 1. The summed E-state index contributed by atoms with van der Waals surface area (Å²) < 4.78 is 58.0. The van der Waals surface area contributed by atoms with Crippen LogP contribution in [0.25, 0.3) is 10.9 Å². The maximum absolute atomic E-state index is 13.6. The molecule has 0 aliphatic rings. The second-order valence-corrected chi connectivity index (χ2v) is 5.88. The molecule has 0 aliphatic heterocycles. The summed E-state index contributed by atoms with van der Waals surface area (Å²) in [6, 6.07) is 4.88. The highest BCUT2D eigenvalue weighted by Gasteiger charge is 2.38. The summed E-state index contributed by atoms with van der Waals surface area (Å²) in [5.41, 5.74) is -3.55. The van der Waals surface area contributed by atoms with E-state index >= 15 is 0 Å². The SMILES string of the molecule is Cc1cc(Oc2c([N+](=O)[O-])cc(C(F)(F)F)cc2[N+](=O)[O-])c2cc(F)ccc2n1. The number of fused-ring (bicyclic) bond motifs is 1. The van der Waals surface area contributed by atoms with Crippen molar-refractivity contribution in [2.45, 2.75) is 13.1 Å². The number of halogens is 4. The molecule has 0 bridgehead atoms. The summed E-state index contributed by atoms with van der Waals surface area (Å²) >= 11 is 0. The maximum Gasteiger partial charge on any atom is 0.416 e. The zero-order valence-electron chi connectivity index (χ0n) is 14.4.